The van der Waals surface area contributed by atoms with Crippen LogP contribution < -0.4 is 4.57 Å². The number of benzene rings is 2. The van der Waals surface area contributed by atoms with E-state index in [-0.39, 0.29) is 0 Å². The Morgan fingerprint density at radius 3 is 2.22 bits per heavy atom. The lowest BCUT2D eigenvalue weighted by Crippen LogP contribution is -2.46. The van der Waals surface area contributed by atoms with Crippen LogP contribution in [0.1, 0.15) is 100 Å². The first-order valence-electron chi connectivity index (χ1n) is 13.5. The molecule has 0 amide bonds. The third kappa shape index (κ3) is 3.10. The fourth-order valence-electron chi connectivity index (χ4n) is 6.87. The molecule has 2 aliphatic carbocycles. The van der Waals surface area contributed by atoms with E-state index in [2.05, 4.69) is 71.5 Å². The van der Waals surface area contributed by atoms with Crippen molar-refractivity contribution in [3.63, 3.8) is 0 Å². The summed E-state index contributed by atoms with van der Waals surface area (Å²) in [7, 11) is 0. The molecule has 1 unspecified atom stereocenters. The molecule has 6 rings (SSSR count). The van der Waals surface area contributed by atoms with E-state index in [0.29, 0.717) is 11.8 Å². The van der Waals surface area contributed by atoms with Gasteiger partial charge in [0.05, 0.1) is 7.29 Å². The molecule has 2 heterocycles. The van der Waals surface area contributed by atoms with Gasteiger partial charge in [-0.3, -0.25) is 0 Å². The van der Waals surface area contributed by atoms with Crippen molar-refractivity contribution < 1.29 is 5.94 Å². The van der Waals surface area contributed by atoms with E-state index in [1.165, 1.54) is 104 Å². The minimum atomic E-state index is -0.697. The van der Waals surface area contributed by atoms with Crippen molar-refractivity contribution in [3.8, 4) is 16.9 Å². The number of aromatic nitrogens is 2. The summed E-state index contributed by atoms with van der Waals surface area (Å²) in [6.07, 6.45) is 12.6. The predicted molar refractivity (Wildman–Crippen MR) is 131 cm³/mol. The fraction of sp³-hybridized carbons (Fsp3) is 0.500. The zero-order valence-electron chi connectivity index (χ0n) is 20.7. The number of hydrogen-bond donors (Lipinski definition) is 0. The Bertz CT molecular complexity index is 1180. The molecular formula is C30H37N2+. The first kappa shape index (κ1) is 19.1. The molecule has 166 valence electrons. The summed E-state index contributed by atoms with van der Waals surface area (Å²) < 4.78 is 15.4. The number of para-hydroxylation sites is 1. The van der Waals surface area contributed by atoms with E-state index in [4.69, 9.17) is 0 Å². The maximum Gasteiger partial charge on any atom is 0.266 e. The van der Waals surface area contributed by atoms with E-state index >= 15 is 0 Å². The molecule has 0 bridgehead atoms. The standard InChI is InChI=1S/C30H37N2/c1-21-13-9-12-20-27(21)31-22(2)28-25-18-10-11-19-26(25)29(23-14-5-3-6-15-23)32(28)30(31)24-16-7-4-8-17-24/h9-13,18-20,23-24,29H,3-8,14-17H2,1-2H3/q+1/i29D. The van der Waals surface area contributed by atoms with Gasteiger partial charge in [-0.1, -0.05) is 81.0 Å². The summed E-state index contributed by atoms with van der Waals surface area (Å²) >= 11 is 0. The van der Waals surface area contributed by atoms with Crippen LogP contribution in [0.5, 0.6) is 0 Å². The Labute approximate surface area is 194 Å². The smallest absolute Gasteiger partial charge is 0.219 e. The predicted octanol–water partition coefficient (Wildman–Crippen LogP) is 7.58. The quantitative estimate of drug-likeness (QED) is 0.382. The normalized spacial score (nSPS) is 24.2. The van der Waals surface area contributed by atoms with Gasteiger partial charge < -0.3 is 0 Å². The molecule has 1 aromatic heterocycles. The van der Waals surface area contributed by atoms with Gasteiger partial charge >= 0.3 is 0 Å². The number of aryl methyl sites for hydroxylation is 1. The molecule has 0 spiro atoms. The minimum Gasteiger partial charge on any atom is -0.219 e. The van der Waals surface area contributed by atoms with Crippen molar-refractivity contribution in [3.05, 3.63) is 71.2 Å². The lowest BCUT2D eigenvalue weighted by atomic mass is 9.80. The Balaban J connectivity index is 1.68. The van der Waals surface area contributed by atoms with Crippen LogP contribution in [0.25, 0.3) is 16.9 Å². The van der Waals surface area contributed by atoms with Crippen LogP contribution in [0.15, 0.2) is 48.5 Å². The lowest BCUT2D eigenvalue weighted by Gasteiger charge is -2.29. The molecule has 1 atom stereocenters. The maximum absolute atomic E-state index is 10.3. The molecule has 2 aromatic carbocycles. The summed E-state index contributed by atoms with van der Waals surface area (Å²) in [4.78, 5) is 0. The Kier molecular flexibility index (Phi) is 4.91. The lowest BCUT2D eigenvalue weighted by molar-refractivity contribution is -0.713. The van der Waals surface area contributed by atoms with Gasteiger partial charge in [-0.25, -0.2) is 4.57 Å². The molecule has 1 aliphatic heterocycles. The highest BCUT2D eigenvalue weighted by molar-refractivity contribution is 5.68. The van der Waals surface area contributed by atoms with Gasteiger partial charge in [0.2, 0.25) is 0 Å². The van der Waals surface area contributed by atoms with Gasteiger partial charge in [0, 0.05) is 24.0 Å². The molecule has 2 saturated carbocycles. The SMILES string of the molecule is [2H]C1(C2CCCCC2)c2ccccc2-c2c(C)n(-c3ccccc3C)c(C3CCCCC3)[n+]21. The summed E-state index contributed by atoms with van der Waals surface area (Å²) in [5.74, 6) is 2.30. The third-order valence-corrected chi connectivity index (χ3v) is 8.38. The van der Waals surface area contributed by atoms with E-state index in [9.17, 15) is 1.37 Å². The Hall–Kier alpha value is -2.35. The second-order valence-corrected chi connectivity index (χ2v) is 10.4. The van der Waals surface area contributed by atoms with E-state index in [1.54, 1.807) is 0 Å². The van der Waals surface area contributed by atoms with Gasteiger partial charge in [0.1, 0.15) is 11.7 Å². The van der Waals surface area contributed by atoms with Gasteiger partial charge in [0.25, 0.3) is 5.82 Å². The number of fused-ring (bicyclic) bond motifs is 3. The first-order valence-corrected chi connectivity index (χ1v) is 13.0. The van der Waals surface area contributed by atoms with Crippen molar-refractivity contribution in [2.75, 3.05) is 0 Å². The molecule has 2 fully saturated rings. The van der Waals surface area contributed by atoms with Gasteiger partial charge in [-0.15, -0.1) is 0 Å². The highest BCUT2D eigenvalue weighted by Crippen LogP contribution is 2.47. The van der Waals surface area contributed by atoms with Crippen LogP contribution in [-0.4, -0.2) is 4.57 Å². The average molecular weight is 427 g/mol. The highest BCUT2D eigenvalue weighted by Gasteiger charge is 2.47. The summed E-state index contributed by atoms with van der Waals surface area (Å²) in [6.45, 7) is 4.53. The van der Waals surface area contributed by atoms with Crippen molar-refractivity contribution in [2.45, 2.75) is 90.0 Å². The number of imidazole rings is 1. The largest absolute Gasteiger partial charge is 0.266 e. The van der Waals surface area contributed by atoms with Crippen LogP contribution in [0, 0.1) is 19.8 Å². The topological polar surface area (TPSA) is 8.81 Å². The number of nitrogens with zero attached hydrogens (tertiary/aromatic N) is 2. The number of hydrogen-bond acceptors (Lipinski definition) is 0. The third-order valence-electron chi connectivity index (χ3n) is 8.38. The van der Waals surface area contributed by atoms with E-state index in [0.717, 1.165) is 0 Å². The zero-order valence-corrected chi connectivity index (χ0v) is 19.7. The molecule has 32 heavy (non-hydrogen) atoms. The molecule has 0 saturated heterocycles. The fourth-order valence-corrected chi connectivity index (χ4v) is 6.87. The summed E-state index contributed by atoms with van der Waals surface area (Å²) in [5, 5.41) is 0. The molecule has 2 heteroatoms. The monoisotopic (exact) mass is 426 g/mol. The van der Waals surface area contributed by atoms with E-state index < -0.39 is 6.02 Å². The molecule has 3 aromatic rings. The van der Waals surface area contributed by atoms with Crippen LogP contribution in [-0.2, 0) is 0 Å². The van der Waals surface area contributed by atoms with Gasteiger partial charge in [-0.2, -0.15) is 4.57 Å². The van der Waals surface area contributed by atoms with Crippen LogP contribution in [0.3, 0.4) is 0 Å². The van der Waals surface area contributed by atoms with Crippen LogP contribution in [0.4, 0.5) is 0 Å². The summed E-state index contributed by atoms with van der Waals surface area (Å²) in [5.41, 5.74) is 7.75. The van der Waals surface area contributed by atoms with Crippen LogP contribution in [0.2, 0.25) is 0 Å². The highest BCUT2D eigenvalue weighted by atomic mass is 15.2. The zero-order chi connectivity index (χ0) is 22.6. The van der Waals surface area contributed by atoms with Crippen LogP contribution >= 0.6 is 0 Å². The van der Waals surface area contributed by atoms with Gasteiger partial charge in [-0.05, 0) is 44.2 Å². The van der Waals surface area contributed by atoms with Crippen molar-refractivity contribution in [1.82, 2.24) is 4.57 Å². The molecule has 3 aliphatic rings. The van der Waals surface area contributed by atoms with Crippen molar-refractivity contribution in [1.29, 1.82) is 0 Å². The first-order chi connectivity index (χ1) is 16.1. The van der Waals surface area contributed by atoms with Gasteiger partial charge in [0.15, 0.2) is 11.4 Å². The maximum atomic E-state index is 10.3. The second-order valence-electron chi connectivity index (χ2n) is 10.4. The molecule has 2 nitrogen and oxygen atoms in total. The van der Waals surface area contributed by atoms with Crippen molar-refractivity contribution in [2.24, 2.45) is 5.92 Å². The molecule has 0 radical (unpaired) electrons. The molecular weight excluding hydrogens is 388 g/mol. The Morgan fingerprint density at radius 1 is 0.812 bits per heavy atom. The Morgan fingerprint density at radius 2 is 1.47 bits per heavy atom. The van der Waals surface area contributed by atoms with E-state index in [1.807, 2.05) is 0 Å². The average Bonchev–Trinajstić information content (AvgIpc) is 3.32. The second kappa shape index (κ2) is 8.21. The minimum absolute atomic E-state index is 0.383. The number of rotatable bonds is 3. The van der Waals surface area contributed by atoms with Crippen molar-refractivity contribution >= 4 is 0 Å². The summed E-state index contributed by atoms with van der Waals surface area (Å²) in [6, 6.07) is 17.0. The molecule has 0 N–H and O–H groups in total.